The SMILES string of the molecule is CC(C)N(CC(=O)N1CCc2sccc2C1c1ccc(Cl)cc1)C(=O)/C=C/c1ccccc1. The number of carbonyl (C=O) groups excluding carboxylic acids is 2. The fourth-order valence-electron chi connectivity index (χ4n) is 4.17. The molecule has 2 heterocycles. The maximum atomic E-state index is 13.6. The van der Waals surface area contributed by atoms with Gasteiger partial charge in [0.25, 0.3) is 0 Å². The van der Waals surface area contributed by atoms with E-state index in [0.29, 0.717) is 11.6 Å². The highest BCUT2D eigenvalue weighted by molar-refractivity contribution is 7.10. The maximum absolute atomic E-state index is 13.6. The number of rotatable bonds is 6. The Hall–Kier alpha value is -2.89. The van der Waals surface area contributed by atoms with Crippen molar-refractivity contribution in [1.82, 2.24) is 9.80 Å². The lowest BCUT2D eigenvalue weighted by Crippen LogP contribution is -2.48. The van der Waals surface area contributed by atoms with Crippen LogP contribution in [0.25, 0.3) is 6.08 Å². The highest BCUT2D eigenvalue weighted by atomic mass is 35.5. The van der Waals surface area contributed by atoms with Crippen LogP contribution in [0.15, 0.2) is 72.1 Å². The molecule has 0 saturated carbocycles. The van der Waals surface area contributed by atoms with Crippen molar-refractivity contribution < 1.29 is 9.59 Å². The van der Waals surface area contributed by atoms with Gasteiger partial charge in [-0.05, 0) is 66.6 Å². The molecule has 0 bridgehead atoms. The molecule has 2 amide bonds. The first-order chi connectivity index (χ1) is 15.9. The molecular weight excluding hydrogens is 452 g/mol. The fourth-order valence-corrected chi connectivity index (χ4v) is 5.20. The van der Waals surface area contributed by atoms with Gasteiger partial charge in [0.15, 0.2) is 0 Å². The van der Waals surface area contributed by atoms with E-state index in [-0.39, 0.29) is 30.4 Å². The zero-order chi connectivity index (χ0) is 23.4. The van der Waals surface area contributed by atoms with Crippen molar-refractivity contribution in [3.8, 4) is 0 Å². The molecule has 1 aromatic heterocycles. The third-order valence-electron chi connectivity index (χ3n) is 5.90. The number of amides is 2. The first kappa shape index (κ1) is 23.3. The van der Waals surface area contributed by atoms with E-state index in [4.69, 9.17) is 11.6 Å². The van der Waals surface area contributed by atoms with Gasteiger partial charge >= 0.3 is 0 Å². The van der Waals surface area contributed by atoms with Crippen LogP contribution in [0.5, 0.6) is 0 Å². The maximum Gasteiger partial charge on any atom is 0.247 e. The summed E-state index contributed by atoms with van der Waals surface area (Å²) in [5.74, 6) is -0.222. The quantitative estimate of drug-likeness (QED) is 0.418. The van der Waals surface area contributed by atoms with Crippen LogP contribution >= 0.6 is 22.9 Å². The van der Waals surface area contributed by atoms with E-state index in [1.165, 1.54) is 4.88 Å². The molecule has 33 heavy (non-hydrogen) atoms. The summed E-state index contributed by atoms with van der Waals surface area (Å²) in [6, 6.07) is 19.2. The molecule has 170 valence electrons. The number of hydrogen-bond acceptors (Lipinski definition) is 3. The van der Waals surface area contributed by atoms with Crippen molar-refractivity contribution in [3.05, 3.63) is 98.7 Å². The minimum Gasteiger partial charge on any atom is -0.330 e. The van der Waals surface area contributed by atoms with Crippen LogP contribution in [0.4, 0.5) is 0 Å². The number of carbonyl (C=O) groups is 2. The third-order valence-corrected chi connectivity index (χ3v) is 7.15. The summed E-state index contributed by atoms with van der Waals surface area (Å²) in [6.07, 6.45) is 4.16. The van der Waals surface area contributed by atoms with Crippen molar-refractivity contribution in [1.29, 1.82) is 0 Å². The molecule has 4 rings (SSSR count). The summed E-state index contributed by atoms with van der Waals surface area (Å²) in [5, 5.41) is 2.75. The molecule has 0 fully saturated rings. The van der Waals surface area contributed by atoms with Crippen LogP contribution in [0.2, 0.25) is 5.02 Å². The molecule has 6 heteroatoms. The van der Waals surface area contributed by atoms with Gasteiger partial charge in [-0.1, -0.05) is 54.1 Å². The molecular formula is C27H27ClN2O2S. The van der Waals surface area contributed by atoms with Crippen molar-refractivity contribution in [3.63, 3.8) is 0 Å². The Morgan fingerprint density at radius 2 is 1.85 bits per heavy atom. The molecule has 4 nitrogen and oxygen atoms in total. The first-order valence-corrected chi connectivity index (χ1v) is 12.3. The largest absolute Gasteiger partial charge is 0.330 e. The van der Waals surface area contributed by atoms with Gasteiger partial charge in [0.1, 0.15) is 6.54 Å². The number of halogens is 1. The van der Waals surface area contributed by atoms with Gasteiger partial charge in [0.05, 0.1) is 6.04 Å². The van der Waals surface area contributed by atoms with Crippen LogP contribution in [-0.4, -0.2) is 40.7 Å². The van der Waals surface area contributed by atoms with Gasteiger partial charge in [-0.15, -0.1) is 11.3 Å². The lowest BCUT2D eigenvalue weighted by molar-refractivity contribution is -0.140. The average molecular weight is 479 g/mol. The number of hydrogen-bond donors (Lipinski definition) is 0. The van der Waals surface area contributed by atoms with Gasteiger partial charge in [0, 0.05) is 28.6 Å². The van der Waals surface area contributed by atoms with Crippen molar-refractivity contribution >= 4 is 40.8 Å². The smallest absolute Gasteiger partial charge is 0.247 e. The van der Waals surface area contributed by atoms with E-state index in [9.17, 15) is 9.59 Å². The van der Waals surface area contributed by atoms with E-state index in [1.807, 2.05) is 73.3 Å². The monoisotopic (exact) mass is 478 g/mol. The predicted molar refractivity (Wildman–Crippen MR) is 135 cm³/mol. The summed E-state index contributed by atoms with van der Waals surface area (Å²) >= 11 is 7.84. The van der Waals surface area contributed by atoms with Crippen molar-refractivity contribution in [2.24, 2.45) is 0 Å². The molecule has 0 aliphatic carbocycles. The van der Waals surface area contributed by atoms with E-state index in [2.05, 4.69) is 11.4 Å². The molecule has 0 N–H and O–H groups in total. The van der Waals surface area contributed by atoms with Gasteiger partial charge < -0.3 is 9.80 Å². The van der Waals surface area contributed by atoms with Gasteiger partial charge in [0.2, 0.25) is 11.8 Å². The Labute approximate surface area is 204 Å². The summed E-state index contributed by atoms with van der Waals surface area (Å²) in [6.45, 7) is 4.54. The van der Waals surface area contributed by atoms with Crippen LogP contribution in [0.1, 0.15) is 41.5 Å². The van der Waals surface area contributed by atoms with Crippen molar-refractivity contribution in [2.75, 3.05) is 13.1 Å². The standard InChI is InChI=1S/C27H27ClN2O2S/c1-19(2)30(25(31)13-8-20-6-4-3-5-7-20)18-26(32)29-16-14-24-23(15-17-33-24)27(29)21-9-11-22(28)12-10-21/h3-13,15,17,19,27H,14,16,18H2,1-2H3/b13-8+. The van der Waals surface area contributed by atoms with Crippen molar-refractivity contribution in [2.45, 2.75) is 32.4 Å². The summed E-state index contributed by atoms with van der Waals surface area (Å²) < 4.78 is 0. The van der Waals surface area contributed by atoms with Crippen LogP contribution in [-0.2, 0) is 16.0 Å². The highest BCUT2D eigenvalue weighted by Crippen LogP contribution is 2.38. The normalized spacial score (nSPS) is 15.6. The minimum absolute atomic E-state index is 0.0409. The van der Waals surface area contributed by atoms with Crippen LogP contribution in [0.3, 0.4) is 0 Å². The second-order valence-electron chi connectivity index (χ2n) is 8.39. The fraction of sp³-hybridized carbons (Fsp3) is 0.259. The Morgan fingerprint density at radius 3 is 2.55 bits per heavy atom. The van der Waals surface area contributed by atoms with Crippen LogP contribution in [0, 0.1) is 0 Å². The minimum atomic E-state index is -0.172. The average Bonchev–Trinajstić information content (AvgIpc) is 3.30. The van der Waals surface area contributed by atoms with Gasteiger partial charge in [-0.2, -0.15) is 0 Å². The number of thiophene rings is 1. The molecule has 1 unspecified atom stereocenters. The summed E-state index contributed by atoms with van der Waals surface area (Å²) in [5.41, 5.74) is 3.14. The number of nitrogens with zero attached hydrogens (tertiary/aromatic N) is 2. The number of benzene rings is 2. The topological polar surface area (TPSA) is 40.6 Å². The molecule has 2 aromatic carbocycles. The summed E-state index contributed by atoms with van der Waals surface area (Å²) in [4.78, 5) is 31.4. The lowest BCUT2D eigenvalue weighted by Gasteiger charge is -2.38. The Kier molecular flexibility index (Phi) is 7.31. The molecule has 0 spiro atoms. The molecule has 0 saturated heterocycles. The third kappa shape index (κ3) is 5.37. The second-order valence-corrected chi connectivity index (χ2v) is 9.83. The Balaban J connectivity index is 1.56. The Morgan fingerprint density at radius 1 is 1.12 bits per heavy atom. The molecule has 1 aliphatic rings. The highest BCUT2D eigenvalue weighted by Gasteiger charge is 2.34. The second kappa shape index (κ2) is 10.4. The van der Waals surface area contributed by atoms with Crippen LogP contribution < -0.4 is 0 Å². The van der Waals surface area contributed by atoms with Gasteiger partial charge in [-0.25, -0.2) is 0 Å². The zero-order valence-electron chi connectivity index (χ0n) is 18.8. The lowest BCUT2D eigenvalue weighted by atomic mass is 9.93. The molecule has 1 atom stereocenters. The number of fused-ring (bicyclic) bond motifs is 1. The van der Waals surface area contributed by atoms with E-state index in [0.717, 1.165) is 23.1 Å². The van der Waals surface area contributed by atoms with E-state index >= 15 is 0 Å². The van der Waals surface area contributed by atoms with Gasteiger partial charge in [-0.3, -0.25) is 9.59 Å². The molecule has 1 aliphatic heterocycles. The predicted octanol–water partition coefficient (Wildman–Crippen LogP) is 5.83. The first-order valence-electron chi connectivity index (χ1n) is 11.1. The Bertz CT molecular complexity index is 1140. The van der Waals surface area contributed by atoms with E-state index in [1.54, 1.807) is 28.4 Å². The molecule has 0 radical (unpaired) electrons. The van der Waals surface area contributed by atoms with E-state index < -0.39 is 0 Å². The zero-order valence-corrected chi connectivity index (χ0v) is 20.4. The molecule has 3 aromatic rings. The summed E-state index contributed by atoms with van der Waals surface area (Å²) in [7, 11) is 0.